The Morgan fingerprint density at radius 3 is 1.91 bits per heavy atom. The maximum Gasteiger partial charge on any atom is 0.227 e. The third-order valence-corrected chi connectivity index (χ3v) is 5.20. The summed E-state index contributed by atoms with van der Waals surface area (Å²) in [7, 11) is 0. The molecule has 0 bridgehead atoms. The molecule has 0 unspecified atom stereocenters. The van der Waals surface area contributed by atoms with Crippen LogP contribution in [0.3, 0.4) is 0 Å². The van der Waals surface area contributed by atoms with Gasteiger partial charge in [0.05, 0.1) is 0 Å². The highest BCUT2D eigenvalue weighted by molar-refractivity contribution is 5.86. The van der Waals surface area contributed by atoms with Crippen LogP contribution in [0.2, 0.25) is 0 Å². The zero-order valence-corrected chi connectivity index (χ0v) is 16.7. The van der Waals surface area contributed by atoms with Crippen LogP contribution in [0.5, 0.6) is 0 Å². The average Bonchev–Trinajstić information content (AvgIpc) is 3.31. The molecule has 156 valence electrons. The minimum absolute atomic E-state index is 0. The molecule has 0 radical (unpaired) electrons. The summed E-state index contributed by atoms with van der Waals surface area (Å²) in [5.74, 6) is 1.28. The standard InChI is InChI=1S/C28H19NO2.CH4/c30-19-20-10-9-15-23(18-20)24-16-7-8-17-25(24)28-29-26(21-11-3-1-4-12-21)27(31-28)22-13-5-2-6-14-22;/h1-19H;1H4. The zero-order chi connectivity index (χ0) is 21.0. The fraction of sp³-hybridized carbons (Fsp3) is 0.0345. The Morgan fingerprint density at radius 2 is 1.22 bits per heavy atom. The first-order valence-corrected chi connectivity index (χ1v) is 10.1. The van der Waals surface area contributed by atoms with E-state index in [0.29, 0.717) is 11.5 Å². The molecule has 0 aliphatic rings. The number of carbonyl (C=O) groups excluding carboxylic acids is 1. The van der Waals surface area contributed by atoms with E-state index in [1.165, 1.54) is 0 Å². The minimum atomic E-state index is 0. The summed E-state index contributed by atoms with van der Waals surface area (Å²) in [5.41, 5.74) is 6.20. The highest BCUT2D eigenvalue weighted by atomic mass is 16.4. The van der Waals surface area contributed by atoms with Gasteiger partial charge in [-0.3, -0.25) is 4.79 Å². The Bertz CT molecular complexity index is 1280. The number of hydrogen-bond donors (Lipinski definition) is 0. The number of benzene rings is 4. The van der Waals surface area contributed by atoms with Crippen molar-refractivity contribution in [3.8, 4) is 45.2 Å². The molecule has 0 aliphatic heterocycles. The van der Waals surface area contributed by atoms with Crippen LogP contribution in [0, 0.1) is 0 Å². The lowest BCUT2D eigenvalue weighted by Gasteiger charge is -2.07. The summed E-state index contributed by atoms with van der Waals surface area (Å²) in [4.78, 5) is 16.2. The molecule has 5 rings (SSSR count). The molecule has 0 fully saturated rings. The predicted octanol–water partition coefficient (Wildman–Crippen LogP) is 7.79. The van der Waals surface area contributed by atoms with Crippen molar-refractivity contribution in [3.63, 3.8) is 0 Å². The number of hydrogen-bond acceptors (Lipinski definition) is 3. The normalized spacial score (nSPS) is 10.4. The lowest BCUT2D eigenvalue weighted by molar-refractivity contribution is 0.112. The molecule has 3 nitrogen and oxygen atoms in total. The first-order valence-electron chi connectivity index (χ1n) is 10.1. The van der Waals surface area contributed by atoms with E-state index >= 15 is 0 Å². The van der Waals surface area contributed by atoms with Gasteiger partial charge < -0.3 is 4.42 Å². The van der Waals surface area contributed by atoms with E-state index in [1.54, 1.807) is 6.07 Å². The molecule has 0 N–H and O–H groups in total. The fourth-order valence-electron chi connectivity index (χ4n) is 3.71. The van der Waals surface area contributed by atoms with Gasteiger partial charge in [0.25, 0.3) is 0 Å². The largest absolute Gasteiger partial charge is 0.435 e. The summed E-state index contributed by atoms with van der Waals surface area (Å²) in [6.07, 6.45) is 0.859. The van der Waals surface area contributed by atoms with E-state index in [0.717, 1.165) is 45.6 Å². The van der Waals surface area contributed by atoms with E-state index in [-0.39, 0.29) is 7.43 Å². The number of oxazole rings is 1. The maximum atomic E-state index is 11.3. The van der Waals surface area contributed by atoms with Gasteiger partial charge in [-0.1, -0.05) is 104 Å². The second kappa shape index (κ2) is 9.27. The average molecular weight is 418 g/mol. The van der Waals surface area contributed by atoms with Crippen LogP contribution in [-0.4, -0.2) is 11.3 Å². The van der Waals surface area contributed by atoms with Crippen LogP contribution in [0.4, 0.5) is 0 Å². The number of rotatable bonds is 5. The predicted molar refractivity (Wildman–Crippen MR) is 130 cm³/mol. The molecule has 0 saturated carbocycles. The third kappa shape index (κ3) is 4.01. The molecule has 0 spiro atoms. The molecule has 1 heterocycles. The Labute approximate surface area is 188 Å². The number of aldehydes is 1. The third-order valence-electron chi connectivity index (χ3n) is 5.20. The molecule has 0 atom stereocenters. The Balaban J connectivity index is 0.00000245. The fourth-order valence-corrected chi connectivity index (χ4v) is 3.71. The van der Waals surface area contributed by atoms with Crippen molar-refractivity contribution in [1.29, 1.82) is 0 Å². The lowest BCUT2D eigenvalue weighted by atomic mass is 9.98. The highest BCUT2D eigenvalue weighted by Gasteiger charge is 2.20. The molecule has 0 amide bonds. The van der Waals surface area contributed by atoms with Gasteiger partial charge in [-0.05, 0) is 23.3 Å². The molecule has 0 saturated heterocycles. The van der Waals surface area contributed by atoms with Crippen molar-refractivity contribution < 1.29 is 9.21 Å². The van der Waals surface area contributed by atoms with E-state index < -0.39 is 0 Å². The van der Waals surface area contributed by atoms with Gasteiger partial charge in [0, 0.05) is 22.3 Å². The second-order valence-electron chi connectivity index (χ2n) is 7.22. The molecular formula is C29H23NO2. The summed E-state index contributed by atoms with van der Waals surface area (Å²) < 4.78 is 6.38. The summed E-state index contributed by atoms with van der Waals surface area (Å²) >= 11 is 0. The summed E-state index contributed by atoms with van der Waals surface area (Å²) in [6.45, 7) is 0. The quantitative estimate of drug-likeness (QED) is 0.274. The molecule has 1 aromatic heterocycles. The topological polar surface area (TPSA) is 43.1 Å². The molecule has 0 aliphatic carbocycles. The first-order chi connectivity index (χ1) is 15.3. The molecule has 4 aromatic carbocycles. The van der Waals surface area contributed by atoms with Crippen LogP contribution in [-0.2, 0) is 0 Å². The monoisotopic (exact) mass is 417 g/mol. The van der Waals surface area contributed by atoms with Crippen LogP contribution in [0.1, 0.15) is 17.8 Å². The van der Waals surface area contributed by atoms with Crippen LogP contribution in [0.25, 0.3) is 45.2 Å². The van der Waals surface area contributed by atoms with Gasteiger partial charge in [0.1, 0.15) is 12.0 Å². The smallest absolute Gasteiger partial charge is 0.227 e. The van der Waals surface area contributed by atoms with E-state index in [4.69, 9.17) is 9.40 Å². The SMILES string of the molecule is C.O=Cc1cccc(-c2ccccc2-c2nc(-c3ccccc3)c(-c3ccccc3)o2)c1. The van der Waals surface area contributed by atoms with E-state index in [1.807, 2.05) is 103 Å². The molecule has 3 heteroatoms. The van der Waals surface area contributed by atoms with Crippen molar-refractivity contribution in [2.75, 3.05) is 0 Å². The zero-order valence-electron chi connectivity index (χ0n) is 16.7. The van der Waals surface area contributed by atoms with Crippen molar-refractivity contribution in [1.82, 2.24) is 4.98 Å². The van der Waals surface area contributed by atoms with Crippen molar-refractivity contribution in [2.24, 2.45) is 0 Å². The molecule has 32 heavy (non-hydrogen) atoms. The van der Waals surface area contributed by atoms with Crippen molar-refractivity contribution in [3.05, 3.63) is 115 Å². The van der Waals surface area contributed by atoms with Gasteiger partial charge in [-0.15, -0.1) is 0 Å². The second-order valence-corrected chi connectivity index (χ2v) is 7.22. The molecule has 5 aromatic rings. The van der Waals surface area contributed by atoms with Gasteiger partial charge >= 0.3 is 0 Å². The maximum absolute atomic E-state index is 11.3. The van der Waals surface area contributed by atoms with Crippen molar-refractivity contribution >= 4 is 6.29 Å². The van der Waals surface area contributed by atoms with Crippen LogP contribution >= 0.6 is 0 Å². The minimum Gasteiger partial charge on any atom is -0.435 e. The van der Waals surface area contributed by atoms with Gasteiger partial charge in [0.2, 0.25) is 5.89 Å². The van der Waals surface area contributed by atoms with E-state index in [2.05, 4.69) is 0 Å². The summed E-state index contributed by atoms with van der Waals surface area (Å²) in [6, 6.07) is 35.6. The van der Waals surface area contributed by atoms with Crippen LogP contribution in [0.15, 0.2) is 114 Å². The van der Waals surface area contributed by atoms with Gasteiger partial charge in [0.15, 0.2) is 5.76 Å². The van der Waals surface area contributed by atoms with Gasteiger partial charge in [-0.2, -0.15) is 0 Å². The first kappa shape index (κ1) is 21.0. The number of aromatic nitrogens is 1. The van der Waals surface area contributed by atoms with Crippen molar-refractivity contribution in [2.45, 2.75) is 7.43 Å². The van der Waals surface area contributed by atoms with Crippen LogP contribution < -0.4 is 0 Å². The lowest BCUT2D eigenvalue weighted by Crippen LogP contribution is -1.87. The van der Waals surface area contributed by atoms with E-state index in [9.17, 15) is 4.79 Å². The Kier molecular flexibility index (Phi) is 6.09. The highest BCUT2D eigenvalue weighted by Crippen LogP contribution is 2.39. The Morgan fingerprint density at radius 1 is 0.625 bits per heavy atom. The molecular weight excluding hydrogens is 394 g/mol. The number of carbonyl (C=O) groups is 1. The number of nitrogens with zero attached hydrogens (tertiary/aromatic N) is 1. The summed E-state index contributed by atoms with van der Waals surface area (Å²) in [5, 5.41) is 0. The van der Waals surface area contributed by atoms with Gasteiger partial charge in [-0.25, -0.2) is 4.98 Å². The Hall–Kier alpha value is -4.24.